The largest absolute Gasteiger partial charge is 0.437 e. The monoisotopic (exact) mass is 248 g/mol. The van der Waals surface area contributed by atoms with E-state index in [0.29, 0.717) is 22.4 Å². The van der Waals surface area contributed by atoms with Crippen LogP contribution >= 0.6 is 11.8 Å². The summed E-state index contributed by atoms with van der Waals surface area (Å²) in [6, 6.07) is 1.20. The first-order chi connectivity index (χ1) is 6.72. The fourth-order valence-electron chi connectivity index (χ4n) is 1.38. The standard InChI is InChI=1S/C8H10NO4S2/c1-8(2)6(10)4-3-5(15(9,11)12)13-7(4)14-8/h3,14H,1-2H3,(H2,9,11,12). The Morgan fingerprint density at radius 3 is 2.53 bits per heavy atom. The summed E-state index contributed by atoms with van der Waals surface area (Å²) in [5.74, 6) is -0.113. The molecule has 0 aromatic carbocycles. The number of Topliss-reactive ketones (excluding diaryl/α,β-unsaturated/α-hetero) is 1. The highest BCUT2D eigenvalue weighted by molar-refractivity contribution is 8.02. The number of hydrogen-bond acceptors (Lipinski definition) is 4. The predicted octanol–water partition coefficient (Wildman–Crippen LogP) is 0.726. The Labute approximate surface area is 91.1 Å². The van der Waals surface area contributed by atoms with E-state index in [2.05, 4.69) is 0 Å². The molecular formula is C8H10NO4S2. The molecule has 0 atom stereocenters. The first-order valence-electron chi connectivity index (χ1n) is 4.16. The van der Waals surface area contributed by atoms with Gasteiger partial charge >= 0.3 is 0 Å². The van der Waals surface area contributed by atoms with Crippen LogP contribution in [0.1, 0.15) is 24.2 Å². The van der Waals surface area contributed by atoms with Crippen molar-refractivity contribution in [2.24, 2.45) is 5.14 Å². The third kappa shape index (κ3) is 1.60. The molecular weight excluding hydrogens is 238 g/mol. The van der Waals surface area contributed by atoms with Crippen LogP contribution in [0.4, 0.5) is 0 Å². The lowest BCUT2D eigenvalue weighted by Crippen LogP contribution is -2.22. The Bertz CT molecular complexity index is 541. The molecule has 1 radical (unpaired) electrons. The van der Waals surface area contributed by atoms with Crippen LogP contribution in [0, 0.1) is 0 Å². The fourth-order valence-corrected chi connectivity index (χ4v) is 3.08. The lowest BCUT2D eigenvalue weighted by Gasteiger charge is -2.13. The van der Waals surface area contributed by atoms with Gasteiger partial charge in [0, 0.05) is 6.07 Å². The van der Waals surface area contributed by atoms with Crippen molar-refractivity contribution in [1.82, 2.24) is 0 Å². The van der Waals surface area contributed by atoms with Gasteiger partial charge in [-0.1, -0.05) is 0 Å². The van der Waals surface area contributed by atoms with Crippen molar-refractivity contribution < 1.29 is 17.6 Å². The average molecular weight is 248 g/mol. The molecule has 0 amide bonds. The van der Waals surface area contributed by atoms with E-state index >= 15 is 0 Å². The van der Waals surface area contributed by atoms with Crippen LogP contribution in [0.3, 0.4) is 0 Å². The van der Waals surface area contributed by atoms with Crippen LogP contribution < -0.4 is 5.14 Å². The van der Waals surface area contributed by atoms with Crippen molar-refractivity contribution in [2.75, 3.05) is 0 Å². The number of rotatable bonds is 1. The number of hydrogen-bond donors (Lipinski definition) is 2. The van der Waals surface area contributed by atoms with Crippen LogP contribution in [0.2, 0.25) is 0 Å². The zero-order valence-corrected chi connectivity index (χ0v) is 9.85. The van der Waals surface area contributed by atoms with Crippen molar-refractivity contribution >= 4 is 27.6 Å². The summed E-state index contributed by atoms with van der Waals surface area (Å²) in [5, 5.41) is 4.93. The zero-order valence-electron chi connectivity index (χ0n) is 8.14. The highest BCUT2D eigenvalue weighted by Gasteiger charge is 2.41. The molecule has 0 fully saturated rings. The second kappa shape index (κ2) is 2.87. The molecule has 0 spiro atoms. The maximum absolute atomic E-state index is 11.8. The molecule has 2 heterocycles. The number of carbonyl (C=O) groups excluding carboxylic acids is 1. The molecule has 1 aliphatic heterocycles. The molecule has 15 heavy (non-hydrogen) atoms. The molecule has 2 N–H and O–H groups in total. The van der Waals surface area contributed by atoms with E-state index < -0.39 is 14.8 Å². The predicted molar refractivity (Wildman–Crippen MR) is 55.7 cm³/mol. The second-order valence-electron chi connectivity index (χ2n) is 3.83. The van der Waals surface area contributed by atoms with Gasteiger partial charge in [0.25, 0.3) is 10.0 Å². The van der Waals surface area contributed by atoms with Gasteiger partial charge in [0.2, 0.25) is 5.09 Å². The Morgan fingerprint density at radius 2 is 2.07 bits per heavy atom. The highest BCUT2D eigenvalue weighted by atomic mass is 32.2. The smallest absolute Gasteiger partial charge is 0.271 e. The molecule has 7 heteroatoms. The van der Waals surface area contributed by atoms with Gasteiger partial charge in [-0.15, -0.1) is 11.8 Å². The lowest BCUT2D eigenvalue weighted by atomic mass is 10.0. The van der Waals surface area contributed by atoms with Crippen molar-refractivity contribution in [1.29, 1.82) is 0 Å². The molecule has 83 valence electrons. The topological polar surface area (TPSA) is 90.4 Å². The molecule has 5 nitrogen and oxygen atoms in total. The van der Waals surface area contributed by atoms with Crippen molar-refractivity contribution in [3.05, 3.63) is 11.6 Å². The van der Waals surface area contributed by atoms with E-state index in [0.717, 1.165) is 0 Å². The molecule has 0 unspecified atom stereocenters. The van der Waals surface area contributed by atoms with Gasteiger partial charge in [-0.25, -0.2) is 13.6 Å². The normalized spacial score (nSPS) is 19.3. The van der Waals surface area contributed by atoms with E-state index in [9.17, 15) is 13.2 Å². The summed E-state index contributed by atoms with van der Waals surface area (Å²) in [5.41, 5.74) is 0.325. The fraction of sp³-hybridized carbons (Fsp3) is 0.375. The summed E-state index contributed by atoms with van der Waals surface area (Å²) in [6.07, 6.45) is 0. The van der Waals surface area contributed by atoms with Crippen molar-refractivity contribution in [2.45, 2.75) is 28.8 Å². The van der Waals surface area contributed by atoms with E-state index in [1.807, 2.05) is 0 Å². The number of nitrogens with two attached hydrogens (primary N) is 1. The molecule has 0 saturated carbocycles. The van der Waals surface area contributed by atoms with Crippen LogP contribution in [-0.4, -0.2) is 18.9 Å². The van der Waals surface area contributed by atoms with Gasteiger partial charge < -0.3 is 4.42 Å². The Morgan fingerprint density at radius 1 is 1.47 bits per heavy atom. The Balaban J connectivity index is 2.54. The molecule has 1 aromatic heterocycles. The van der Waals surface area contributed by atoms with Gasteiger partial charge in [-0.2, -0.15) is 0 Å². The SMILES string of the molecule is CC1(C)[SH]c2oc(S(N)(=O)=O)cc2C1=O. The molecule has 0 aliphatic carbocycles. The van der Waals surface area contributed by atoms with Crippen molar-refractivity contribution in [3.63, 3.8) is 0 Å². The minimum Gasteiger partial charge on any atom is -0.437 e. The summed E-state index contributed by atoms with van der Waals surface area (Å²) >= 11 is 0.676. The summed E-state index contributed by atoms with van der Waals surface area (Å²) < 4.78 is 26.5. The van der Waals surface area contributed by atoms with Gasteiger partial charge in [-0.3, -0.25) is 4.79 Å². The summed E-state index contributed by atoms with van der Waals surface area (Å²) in [4.78, 5) is 11.8. The quantitative estimate of drug-likeness (QED) is 0.717. The Kier molecular flexibility index (Phi) is 2.05. The molecule has 2 rings (SSSR count). The molecule has 1 aromatic rings. The number of fused-ring (bicyclic) bond motifs is 1. The van der Waals surface area contributed by atoms with E-state index in [1.165, 1.54) is 6.07 Å². The number of thiol groups is 1. The first-order valence-corrected chi connectivity index (χ1v) is 6.60. The number of carbonyl (C=O) groups is 1. The van der Waals surface area contributed by atoms with Crippen LogP contribution in [0.15, 0.2) is 20.7 Å². The zero-order chi connectivity index (χ0) is 11.4. The molecule has 1 aliphatic rings. The van der Waals surface area contributed by atoms with Crippen molar-refractivity contribution in [3.8, 4) is 0 Å². The number of ketones is 1. The number of furan rings is 1. The summed E-state index contributed by atoms with van der Waals surface area (Å²) in [7, 11) is -3.86. The van der Waals surface area contributed by atoms with Gasteiger partial charge in [-0.05, 0) is 13.8 Å². The maximum Gasteiger partial charge on any atom is 0.271 e. The maximum atomic E-state index is 11.8. The number of primary sulfonamides is 1. The summed E-state index contributed by atoms with van der Waals surface area (Å²) in [6.45, 7) is 3.56. The highest BCUT2D eigenvalue weighted by Crippen LogP contribution is 2.46. The van der Waals surface area contributed by atoms with E-state index in [4.69, 9.17) is 9.56 Å². The van der Waals surface area contributed by atoms with Gasteiger partial charge in [0.05, 0.1) is 10.3 Å². The minimum absolute atomic E-state index is 0.113. The van der Waals surface area contributed by atoms with Crippen LogP contribution in [0.25, 0.3) is 0 Å². The van der Waals surface area contributed by atoms with Crippen LogP contribution in [0.5, 0.6) is 0 Å². The third-order valence-electron chi connectivity index (χ3n) is 2.15. The third-order valence-corrected chi connectivity index (χ3v) is 4.21. The van der Waals surface area contributed by atoms with Crippen LogP contribution in [-0.2, 0) is 10.0 Å². The Hall–Kier alpha value is -0.790. The van der Waals surface area contributed by atoms with E-state index in [-0.39, 0.29) is 10.9 Å². The average Bonchev–Trinajstić information content (AvgIpc) is 2.51. The number of sulfonamides is 1. The molecule has 0 bridgehead atoms. The molecule has 0 saturated heterocycles. The van der Waals surface area contributed by atoms with Gasteiger partial charge in [0.1, 0.15) is 0 Å². The lowest BCUT2D eigenvalue weighted by molar-refractivity contribution is 0.0960. The minimum atomic E-state index is -3.86. The first kappa shape index (κ1) is 10.7. The second-order valence-corrected chi connectivity index (χ2v) is 7.07. The van der Waals surface area contributed by atoms with E-state index in [1.54, 1.807) is 13.8 Å². The van der Waals surface area contributed by atoms with Gasteiger partial charge in [0.15, 0.2) is 10.9 Å².